The molecule has 27 heavy (non-hydrogen) atoms. The van der Waals surface area contributed by atoms with Gasteiger partial charge >= 0.3 is 0 Å². The average Bonchev–Trinajstić information content (AvgIpc) is 2.94. The minimum atomic E-state index is -3.38. The van der Waals surface area contributed by atoms with Gasteiger partial charge in [0, 0.05) is 12.1 Å². The molecule has 2 heterocycles. The largest absolute Gasteiger partial charge is 0.336 e. The van der Waals surface area contributed by atoms with E-state index in [0.717, 1.165) is 18.4 Å². The summed E-state index contributed by atoms with van der Waals surface area (Å²) in [7, 11) is -3.38. The number of carbonyl (C=O) groups excluding carboxylic acids is 1. The van der Waals surface area contributed by atoms with Crippen LogP contribution in [0.5, 0.6) is 0 Å². The van der Waals surface area contributed by atoms with Crippen molar-refractivity contribution < 1.29 is 17.6 Å². The van der Waals surface area contributed by atoms with Crippen molar-refractivity contribution in [2.24, 2.45) is 0 Å². The number of sulfone groups is 1. The fourth-order valence-corrected chi connectivity index (χ4v) is 6.33. The van der Waals surface area contributed by atoms with Crippen molar-refractivity contribution >= 4 is 15.7 Å². The van der Waals surface area contributed by atoms with Crippen LogP contribution >= 0.6 is 0 Å². The van der Waals surface area contributed by atoms with Crippen molar-refractivity contribution in [3.05, 3.63) is 66.0 Å². The van der Waals surface area contributed by atoms with Crippen molar-refractivity contribution in [1.29, 1.82) is 0 Å². The Hall–Kier alpha value is -2.21. The summed E-state index contributed by atoms with van der Waals surface area (Å²) in [6.45, 7) is 0. The van der Waals surface area contributed by atoms with Crippen LogP contribution in [0.1, 0.15) is 31.2 Å². The summed E-state index contributed by atoms with van der Waals surface area (Å²) in [6.07, 6.45) is 2.90. The minimum absolute atomic E-state index is 0.00432. The number of rotatable bonds is 4. The Morgan fingerprint density at radius 3 is 2.15 bits per heavy atom. The Morgan fingerprint density at radius 1 is 0.963 bits per heavy atom. The van der Waals surface area contributed by atoms with Gasteiger partial charge in [-0.3, -0.25) is 4.79 Å². The Kier molecular flexibility index (Phi) is 4.76. The van der Waals surface area contributed by atoms with E-state index in [1.54, 1.807) is 42.5 Å². The smallest absolute Gasteiger partial charge is 0.227 e. The maximum absolute atomic E-state index is 13.1. The summed E-state index contributed by atoms with van der Waals surface area (Å²) in [4.78, 5) is 15.1. The van der Waals surface area contributed by atoms with Gasteiger partial charge < -0.3 is 4.90 Å². The highest BCUT2D eigenvalue weighted by atomic mass is 32.2. The Labute approximate surface area is 158 Å². The van der Waals surface area contributed by atoms with Gasteiger partial charge in [0.2, 0.25) is 5.91 Å². The molecule has 0 aliphatic carbocycles. The first-order chi connectivity index (χ1) is 12.9. The van der Waals surface area contributed by atoms with Crippen LogP contribution in [0.15, 0.2) is 59.5 Å². The Morgan fingerprint density at radius 2 is 1.56 bits per heavy atom. The lowest BCUT2D eigenvalue weighted by molar-refractivity contribution is -0.134. The molecule has 0 aromatic heterocycles. The van der Waals surface area contributed by atoms with Gasteiger partial charge in [0.05, 0.1) is 16.6 Å². The van der Waals surface area contributed by atoms with Gasteiger partial charge in [-0.1, -0.05) is 30.3 Å². The molecule has 2 saturated heterocycles. The van der Waals surface area contributed by atoms with Gasteiger partial charge in [-0.25, -0.2) is 12.8 Å². The van der Waals surface area contributed by atoms with Gasteiger partial charge in [-0.05, 0) is 55.5 Å². The molecule has 4 rings (SSSR count). The van der Waals surface area contributed by atoms with E-state index in [0.29, 0.717) is 17.7 Å². The van der Waals surface area contributed by atoms with Crippen molar-refractivity contribution in [3.63, 3.8) is 0 Å². The molecule has 0 radical (unpaired) electrons. The van der Waals surface area contributed by atoms with E-state index < -0.39 is 15.1 Å². The van der Waals surface area contributed by atoms with Crippen molar-refractivity contribution in [1.82, 2.24) is 4.90 Å². The summed E-state index contributed by atoms with van der Waals surface area (Å²) >= 11 is 0. The number of carbonyl (C=O) groups is 1. The highest BCUT2D eigenvalue weighted by Crippen LogP contribution is 2.40. The maximum atomic E-state index is 13.1. The van der Waals surface area contributed by atoms with E-state index >= 15 is 0 Å². The molecule has 2 bridgehead atoms. The fraction of sp³-hybridized carbons (Fsp3) is 0.381. The topological polar surface area (TPSA) is 54.5 Å². The Bertz CT molecular complexity index is 914. The maximum Gasteiger partial charge on any atom is 0.227 e. The zero-order valence-corrected chi connectivity index (χ0v) is 15.7. The summed E-state index contributed by atoms with van der Waals surface area (Å²) in [5.74, 6) is -0.317. The predicted molar refractivity (Wildman–Crippen MR) is 100 cm³/mol. The van der Waals surface area contributed by atoms with Gasteiger partial charge in [0.25, 0.3) is 0 Å². The summed E-state index contributed by atoms with van der Waals surface area (Å²) in [5, 5.41) is -0.438. The summed E-state index contributed by atoms with van der Waals surface area (Å²) in [6, 6.07) is 14.5. The van der Waals surface area contributed by atoms with Crippen molar-refractivity contribution in [2.75, 3.05) is 0 Å². The van der Waals surface area contributed by atoms with Gasteiger partial charge in [0.15, 0.2) is 9.84 Å². The van der Waals surface area contributed by atoms with Crippen molar-refractivity contribution in [2.45, 2.75) is 54.3 Å². The average molecular weight is 387 g/mol. The van der Waals surface area contributed by atoms with E-state index in [-0.39, 0.29) is 30.2 Å². The van der Waals surface area contributed by atoms with Crippen LogP contribution < -0.4 is 0 Å². The van der Waals surface area contributed by atoms with E-state index in [9.17, 15) is 17.6 Å². The van der Waals surface area contributed by atoms with Crippen LogP contribution in [-0.2, 0) is 21.1 Å². The molecule has 0 saturated carbocycles. The van der Waals surface area contributed by atoms with Gasteiger partial charge in [0.1, 0.15) is 5.82 Å². The highest BCUT2D eigenvalue weighted by molar-refractivity contribution is 7.92. The van der Waals surface area contributed by atoms with E-state index in [1.165, 1.54) is 12.1 Å². The van der Waals surface area contributed by atoms with Crippen LogP contribution in [0.3, 0.4) is 0 Å². The molecule has 0 N–H and O–H groups in total. The lowest BCUT2D eigenvalue weighted by Crippen LogP contribution is -2.50. The number of nitrogens with zero attached hydrogens (tertiary/aromatic N) is 1. The van der Waals surface area contributed by atoms with E-state index in [4.69, 9.17) is 0 Å². The molecule has 2 aliphatic heterocycles. The number of halogens is 1. The molecule has 4 nitrogen and oxygen atoms in total. The van der Waals surface area contributed by atoms with Crippen molar-refractivity contribution in [3.8, 4) is 0 Å². The molecule has 6 heteroatoms. The zero-order valence-electron chi connectivity index (χ0n) is 14.9. The van der Waals surface area contributed by atoms with Crippen LogP contribution in [0.4, 0.5) is 4.39 Å². The fourth-order valence-electron chi connectivity index (χ4n) is 4.46. The third kappa shape index (κ3) is 3.50. The number of piperidine rings is 1. The van der Waals surface area contributed by atoms with Crippen LogP contribution in [0.25, 0.3) is 0 Å². The number of hydrogen-bond acceptors (Lipinski definition) is 3. The number of amides is 1. The van der Waals surface area contributed by atoms with Crippen LogP contribution in [0, 0.1) is 5.82 Å². The second kappa shape index (κ2) is 7.08. The molecular weight excluding hydrogens is 365 g/mol. The number of benzene rings is 2. The molecule has 2 fully saturated rings. The van der Waals surface area contributed by atoms with E-state index in [2.05, 4.69) is 0 Å². The molecule has 1 amide bonds. The van der Waals surface area contributed by atoms with Gasteiger partial charge in [-0.15, -0.1) is 0 Å². The first-order valence-electron chi connectivity index (χ1n) is 9.29. The summed E-state index contributed by atoms with van der Waals surface area (Å²) < 4.78 is 39.0. The standard InChI is InChI=1S/C21H22FNO3S/c22-16-8-6-15(7-9-16)12-21(24)23-17-10-11-18(23)14-20(13-17)27(25,26)19-4-2-1-3-5-19/h1-9,17-18,20H,10-14H2/t17-,18+,20?. The third-order valence-electron chi connectivity index (χ3n) is 5.76. The normalized spacial score (nSPS) is 24.8. The van der Waals surface area contributed by atoms with Crippen LogP contribution in [-0.4, -0.2) is 36.6 Å². The van der Waals surface area contributed by atoms with E-state index in [1.807, 2.05) is 4.90 Å². The van der Waals surface area contributed by atoms with Gasteiger partial charge in [-0.2, -0.15) is 0 Å². The molecule has 142 valence electrons. The molecule has 2 aliphatic rings. The van der Waals surface area contributed by atoms with Crippen LogP contribution in [0.2, 0.25) is 0 Å². The molecular formula is C21H22FNO3S. The third-order valence-corrected chi connectivity index (χ3v) is 7.95. The Balaban J connectivity index is 1.49. The molecule has 2 aromatic rings. The first-order valence-corrected chi connectivity index (χ1v) is 10.8. The lowest BCUT2D eigenvalue weighted by Gasteiger charge is -2.38. The highest BCUT2D eigenvalue weighted by Gasteiger charge is 2.46. The number of fused-ring (bicyclic) bond motifs is 2. The first kappa shape index (κ1) is 18.2. The molecule has 0 spiro atoms. The number of hydrogen-bond donors (Lipinski definition) is 0. The monoisotopic (exact) mass is 387 g/mol. The minimum Gasteiger partial charge on any atom is -0.336 e. The summed E-state index contributed by atoms with van der Waals surface area (Å²) in [5.41, 5.74) is 0.778. The quantitative estimate of drug-likeness (QED) is 0.808. The SMILES string of the molecule is O=C(Cc1ccc(F)cc1)N1[C@@H]2CC[C@H]1CC(S(=O)(=O)c1ccccc1)C2. The molecule has 1 unspecified atom stereocenters. The zero-order chi connectivity index (χ0) is 19.0. The predicted octanol–water partition coefficient (Wildman–Crippen LogP) is 3.36. The lowest BCUT2D eigenvalue weighted by atomic mass is 10.0. The molecule has 2 aromatic carbocycles. The second-order valence-corrected chi connectivity index (χ2v) is 9.67. The molecule has 3 atom stereocenters. The second-order valence-electron chi connectivity index (χ2n) is 7.44.